The molecular weight excluding hydrogens is 164 g/mol. The van der Waals surface area contributed by atoms with Gasteiger partial charge in [-0.2, -0.15) is 0 Å². The quantitative estimate of drug-likeness (QED) is 0.569. The molecular formula is C7H12OS2. The average Bonchev–Trinajstić information content (AvgIpc) is 2.06. The molecule has 0 unspecified atom stereocenters. The van der Waals surface area contributed by atoms with Gasteiger partial charge in [0.05, 0.1) is 6.10 Å². The van der Waals surface area contributed by atoms with E-state index < -0.39 is 0 Å². The van der Waals surface area contributed by atoms with E-state index in [0.717, 1.165) is 0 Å². The van der Waals surface area contributed by atoms with Crippen molar-refractivity contribution >= 4 is 21.6 Å². The van der Waals surface area contributed by atoms with Gasteiger partial charge in [-0.25, -0.2) is 0 Å². The van der Waals surface area contributed by atoms with E-state index in [0.29, 0.717) is 11.2 Å². The van der Waals surface area contributed by atoms with Crippen molar-refractivity contribution in [1.82, 2.24) is 0 Å². The van der Waals surface area contributed by atoms with Crippen LogP contribution in [0.1, 0.15) is 19.3 Å². The van der Waals surface area contributed by atoms with Gasteiger partial charge in [0.2, 0.25) is 0 Å². The monoisotopic (exact) mass is 176 g/mol. The lowest BCUT2D eigenvalue weighted by molar-refractivity contribution is 0.136. The van der Waals surface area contributed by atoms with Crippen molar-refractivity contribution in [2.75, 3.05) is 5.75 Å². The molecule has 0 amide bonds. The standard InChI is InChI=1S/C7H12OS2/c8-7-5-1-2-6(7)10-9-4-3-5/h5-8H,1-4H2/t5-,6-,7+/m0/s1. The highest BCUT2D eigenvalue weighted by Crippen LogP contribution is 2.45. The van der Waals surface area contributed by atoms with Gasteiger partial charge in [-0.1, -0.05) is 21.6 Å². The molecule has 0 radical (unpaired) electrons. The van der Waals surface area contributed by atoms with Crippen LogP contribution < -0.4 is 0 Å². The smallest absolute Gasteiger partial charge is 0.0695 e. The highest BCUT2D eigenvalue weighted by atomic mass is 33.1. The summed E-state index contributed by atoms with van der Waals surface area (Å²) in [6.45, 7) is 0. The van der Waals surface area contributed by atoms with Crippen LogP contribution in [0.2, 0.25) is 0 Å². The van der Waals surface area contributed by atoms with Gasteiger partial charge in [0, 0.05) is 11.0 Å². The fourth-order valence-corrected chi connectivity index (χ4v) is 4.75. The Labute approximate surface area is 69.4 Å². The van der Waals surface area contributed by atoms with Crippen molar-refractivity contribution in [3.8, 4) is 0 Å². The lowest BCUT2D eigenvalue weighted by Gasteiger charge is -2.12. The zero-order chi connectivity index (χ0) is 6.97. The van der Waals surface area contributed by atoms with Crippen LogP contribution in [0.25, 0.3) is 0 Å². The van der Waals surface area contributed by atoms with Crippen LogP contribution in [0.15, 0.2) is 0 Å². The minimum Gasteiger partial charge on any atom is -0.392 e. The number of aliphatic hydroxyl groups is 1. The van der Waals surface area contributed by atoms with Gasteiger partial charge >= 0.3 is 0 Å². The maximum absolute atomic E-state index is 9.65. The van der Waals surface area contributed by atoms with Crippen molar-refractivity contribution in [3.63, 3.8) is 0 Å². The molecule has 1 aliphatic carbocycles. The summed E-state index contributed by atoms with van der Waals surface area (Å²) in [6, 6.07) is 0. The first-order valence-corrected chi connectivity index (χ1v) is 6.22. The minimum atomic E-state index is 0.0139. The lowest BCUT2D eigenvalue weighted by atomic mass is 10.0. The van der Waals surface area contributed by atoms with Gasteiger partial charge in [-0.15, -0.1) is 0 Å². The molecule has 1 saturated heterocycles. The molecule has 1 aliphatic heterocycles. The van der Waals surface area contributed by atoms with Gasteiger partial charge in [0.25, 0.3) is 0 Å². The zero-order valence-electron chi connectivity index (χ0n) is 5.82. The van der Waals surface area contributed by atoms with Crippen LogP contribution in [0.3, 0.4) is 0 Å². The van der Waals surface area contributed by atoms with E-state index in [1.165, 1.54) is 25.0 Å². The molecule has 3 heteroatoms. The first-order valence-electron chi connectivity index (χ1n) is 3.84. The second kappa shape index (κ2) is 2.95. The molecule has 1 N–H and O–H groups in total. The van der Waals surface area contributed by atoms with Crippen LogP contribution in [-0.2, 0) is 0 Å². The summed E-state index contributed by atoms with van der Waals surface area (Å²) < 4.78 is 0. The third-order valence-corrected chi connectivity index (χ3v) is 5.40. The summed E-state index contributed by atoms with van der Waals surface area (Å²) in [6.07, 6.45) is 3.75. The van der Waals surface area contributed by atoms with Crippen molar-refractivity contribution in [2.24, 2.45) is 5.92 Å². The summed E-state index contributed by atoms with van der Waals surface area (Å²) >= 11 is 0. The highest BCUT2D eigenvalue weighted by molar-refractivity contribution is 8.77. The Hall–Kier alpha value is 0.660. The van der Waals surface area contributed by atoms with E-state index >= 15 is 0 Å². The van der Waals surface area contributed by atoms with Crippen molar-refractivity contribution in [1.29, 1.82) is 0 Å². The molecule has 3 atom stereocenters. The molecule has 1 saturated carbocycles. The van der Waals surface area contributed by atoms with Crippen molar-refractivity contribution in [2.45, 2.75) is 30.6 Å². The van der Waals surface area contributed by atoms with Gasteiger partial charge in [-0.3, -0.25) is 0 Å². The third-order valence-electron chi connectivity index (χ3n) is 2.45. The number of fused-ring (bicyclic) bond motifs is 2. The Morgan fingerprint density at radius 2 is 2.10 bits per heavy atom. The second-order valence-electron chi connectivity index (χ2n) is 3.07. The number of aliphatic hydroxyl groups excluding tert-OH is 1. The molecule has 58 valence electrons. The summed E-state index contributed by atoms with van der Waals surface area (Å²) in [4.78, 5) is 0. The fraction of sp³-hybridized carbons (Fsp3) is 1.00. The van der Waals surface area contributed by atoms with Gasteiger partial charge < -0.3 is 5.11 Å². The molecule has 1 nitrogen and oxygen atoms in total. The van der Waals surface area contributed by atoms with Crippen molar-refractivity contribution in [3.05, 3.63) is 0 Å². The predicted octanol–water partition coefficient (Wildman–Crippen LogP) is 1.91. The average molecular weight is 176 g/mol. The fourth-order valence-electron chi connectivity index (χ4n) is 1.78. The summed E-state index contributed by atoms with van der Waals surface area (Å²) in [5.74, 6) is 1.87. The molecule has 2 fully saturated rings. The maximum atomic E-state index is 9.65. The molecule has 2 aliphatic rings. The van der Waals surface area contributed by atoms with E-state index in [2.05, 4.69) is 0 Å². The second-order valence-corrected chi connectivity index (χ2v) is 5.80. The van der Waals surface area contributed by atoms with Crippen LogP contribution in [0.4, 0.5) is 0 Å². The Morgan fingerprint density at radius 1 is 1.20 bits per heavy atom. The van der Waals surface area contributed by atoms with Gasteiger partial charge in [-0.05, 0) is 25.2 Å². The van der Waals surface area contributed by atoms with Gasteiger partial charge in [0.1, 0.15) is 0 Å². The summed E-state index contributed by atoms with van der Waals surface area (Å²) in [7, 11) is 3.84. The van der Waals surface area contributed by atoms with Crippen molar-refractivity contribution < 1.29 is 5.11 Å². The minimum absolute atomic E-state index is 0.0139. The number of hydrogen-bond donors (Lipinski definition) is 1. The first-order chi connectivity index (χ1) is 4.88. The molecule has 0 aromatic heterocycles. The Balaban J connectivity index is 2.07. The van der Waals surface area contributed by atoms with Gasteiger partial charge in [0.15, 0.2) is 0 Å². The number of rotatable bonds is 0. The topological polar surface area (TPSA) is 20.2 Å². The molecule has 0 spiro atoms. The predicted molar refractivity (Wildman–Crippen MR) is 47.2 cm³/mol. The Morgan fingerprint density at radius 3 is 3.00 bits per heavy atom. The van der Waals surface area contributed by atoms with E-state index in [9.17, 15) is 5.11 Å². The van der Waals surface area contributed by atoms with E-state index in [1.807, 2.05) is 21.6 Å². The molecule has 10 heavy (non-hydrogen) atoms. The van der Waals surface area contributed by atoms with Crippen LogP contribution >= 0.6 is 21.6 Å². The SMILES string of the molecule is O[C@@H]1[C@@H]2CCSS[C@H]1CC2. The zero-order valence-corrected chi connectivity index (χ0v) is 7.46. The lowest BCUT2D eigenvalue weighted by Crippen LogP contribution is -2.20. The highest BCUT2D eigenvalue weighted by Gasteiger charge is 2.36. The maximum Gasteiger partial charge on any atom is 0.0695 e. The molecule has 0 aromatic rings. The molecule has 2 bridgehead atoms. The largest absolute Gasteiger partial charge is 0.392 e. The van der Waals surface area contributed by atoms with E-state index in [4.69, 9.17) is 0 Å². The van der Waals surface area contributed by atoms with Crippen LogP contribution in [0.5, 0.6) is 0 Å². The molecule has 0 aromatic carbocycles. The van der Waals surface area contributed by atoms with Crippen LogP contribution in [-0.4, -0.2) is 22.2 Å². The van der Waals surface area contributed by atoms with E-state index in [-0.39, 0.29) is 6.10 Å². The summed E-state index contributed by atoms with van der Waals surface area (Å²) in [5.41, 5.74) is 0. The molecule has 1 heterocycles. The first kappa shape index (κ1) is 7.32. The molecule has 2 rings (SSSR count). The Kier molecular flexibility index (Phi) is 2.16. The van der Waals surface area contributed by atoms with E-state index in [1.54, 1.807) is 0 Å². The van der Waals surface area contributed by atoms with Crippen LogP contribution in [0, 0.1) is 5.92 Å². The number of hydrogen-bond acceptors (Lipinski definition) is 3. The summed E-state index contributed by atoms with van der Waals surface area (Å²) in [5, 5.41) is 10.2. The third kappa shape index (κ3) is 1.19. The Bertz CT molecular complexity index is 115. The normalized spacial score (nSPS) is 47.1.